The van der Waals surface area contributed by atoms with Crippen molar-refractivity contribution in [2.75, 3.05) is 6.61 Å². The first-order valence-corrected chi connectivity index (χ1v) is 6.75. The highest BCUT2D eigenvalue weighted by atomic mass is 16.5. The van der Waals surface area contributed by atoms with E-state index < -0.39 is 0 Å². The Morgan fingerprint density at radius 2 is 1.90 bits per heavy atom. The Balaban J connectivity index is 2.43. The summed E-state index contributed by atoms with van der Waals surface area (Å²) in [7, 11) is 0. The van der Waals surface area contributed by atoms with E-state index in [1.165, 1.54) is 11.1 Å². The summed E-state index contributed by atoms with van der Waals surface area (Å²) in [6.45, 7) is 8.12. The Kier molecular flexibility index (Phi) is 4.18. The topological polar surface area (TPSA) is 39.2 Å². The Morgan fingerprint density at radius 1 is 1.15 bits per heavy atom. The van der Waals surface area contributed by atoms with Crippen molar-refractivity contribution in [3.63, 3.8) is 0 Å². The van der Waals surface area contributed by atoms with Gasteiger partial charge in [0, 0.05) is 5.56 Å². The quantitative estimate of drug-likeness (QED) is 0.794. The standard InChI is InChI=1S/C17H19NO2/c1-5-20-17(19)14-8-9-16(18-13(14)4)15-10-11(2)6-7-12(15)3/h6-10H,5H2,1-4H3. The van der Waals surface area contributed by atoms with Crippen molar-refractivity contribution in [1.82, 2.24) is 4.98 Å². The molecule has 0 aliphatic rings. The zero-order valence-electron chi connectivity index (χ0n) is 12.4. The molecular formula is C17H19NO2. The molecule has 0 bridgehead atoms. The maximum absolute atomic E-state index is 11.8. The van der Waals surface area contributed by atoms with E-state index in [0.29, 0.717) is 17.9 Å². The van der Waals surface area contributed by atoms with E-state index in [4.69, 9.17) is 4.74 Å². The van der Waals surface area contributed by atoms with Crippen LogP contribution in [-0.4, -0.2) is 17.6 Å². The summed E-state index contributed by atoms with van der Waals surface area (Å²) in [6.07, 6.45) is 0. The van der Waals surface area contributed by atoms with E-state index >= 15 is 0 Å². The molecule has 0 N–H and O–H groups in total. The molecule has 0 saturated carbocycles. The predicted octanol–water partition coefficient (Wildman–Crippen LogP) is 3.85. The minimum absolute atomic E-state index is 0.315. The molecule has 0 saturated heterocycles. The number of carbonyl (C=O) groups is 1. The molecule has 0 aliphatic carbocycles. The molecule has 104 valence electrons. The van der Waals surface area contributed by atoms with Crippen LogP contribution in [0.4, 0.5) is 0 Å². The van der Waals surface area contributed by atoms with Gasteiger partial charge in [0.1, 0.15) is 0 Å². The normalized spacial score (nSPS) is 10.4. The largest absolute Gasteiger partial charge is 0.462 e. The minimum Gasteiger partial charge on any atom is -0.462 e. The molecule has 1 heterocycles. The molecule has 1 aromatic heterocycles. The molecule has 3 heteroatoms. The van der Waals surface area contributed by atoms with Gasteiger partial charge < -0.3 is 4.74 Å². The fourth-order valence-electron chi connectivity index (χ4n) is 2.15. The van der Waals surface area contributed by atoms with Crippen molar-refractivity contribution in [2.45, 2.75) is 27.7 Å². The molecule has 20 heavy (non-hydrogen) atoms. The van der Waals surface area contributed by atoms with Crippen molar-refractivity contribution in [1.29, 1.82) is 0 Å². The van der Waals surface area contributed by atoms with Crippen molar-refractivity contribution in [3.8, 4) is 11.3 Å². The van der Waals surface area contributed by atoms with Gasteiger partial charge in [-0.25, -0.2) is 4.79 Å². The van der Waals surface area contributed by atoms with Crippen LogP contribution in [0.25, 0.3) is 11.3 Å². The van der Waals surface area contributed by atoms with Gasteiger partial charge in [0.15, 0.2) is 0 Å². The Bertz CT molecular complexity index is 647. The van der Waals surface area contributed by atoms with Crippen molar-refractivity contribution < 1.29 is 9.53 Å². The summed E-state index contributed by atoms with van der Waals surface area (Å²) in [5.74, 6) is -0.315. The molecule has 0 unspecified atom stereocenters. The number of nitrogens with zero attached hydrogens (tertiary/aromatic N) is 1. The van der Waals surface area contributed by atoms with Crippen LogP contribution in [0.3, 0.4) is 0 Å². The number of pyridine rings is 1. The second-order valence-corrected chi connectivity index (χ2v) is 4.87. The van der Waals surface area contributed by atoms with Crippen molar-refractivity contribution in [3.05, 3.63) is 52.7 Å². The Morgan fingerprint density at radius 3 is 2.55 bits per heavy atom. The monoisotopic (exact) mass is 269 g/mol. The van der Waals surface area contributed by atoms with Crippen LogP contribution < -0.4 is 0 Å². The number of aryl methyl sites for hydroxylation is 3. The molecule has 0 aliphatic heterocycles. The summed E-state index contributed by atoms with van der Waals surface area (Å²) in [6, 6.07) is 9.94. The van der Waals surface area contributed by atoms with Gasteiger partial charge in [-0.3, -0.25) is 4.98 Å². The number of carbonyl (C=O) groups excluding carboxylic acids is 1. The molecule has 0 spiro atoms. The maximum atomic E-state index is 11.8. The van der Waals surface area contributed by atoms with Gasteiger partial charge >= 0.3 is 5.97 Å². The van der Waals surface area contributed by atoms with Crippen LogP contribution in [0.1, 0.15) is 34.1 Å². The van der Waals surface area contributed by atoms with E-state index in [0.717, 1.165) is 11.3 Å². The molecule has 2 rings (SSSR count). The van der Waals surface area contributed by atoms with Crippen molar-refractivity contribution >= 4 is 5.97 Å². The van der Waals surface area contributed by atoms with Gasteiger partial charge in [-0.05, 0) is 51.5 Å². The average molecular weight is 269 g/mol. The first-order chi connectivity index (χ1) is 9.52. The number of aromatic nitrogens is 1. The second kappa shape index (κ2) is 5.87. The molecule has 0 radical (unpaired) electrons. The van der Waals surface area contributed by atoms with Gasteiger partial charge in [-0.1, -0.05) is 17.7 Å². The van der Waals surface area contributed by atoms with E-state index in [2.05, 4.69) is 37.0 Å². The third-order valence-corrected chi connectivity index (χ3v) is 3.25. The first kappa shape index (κ1) is 14.3. The number of benzene rings is 1. The van der Waals surface area contributed by atoms with Crippen LogP contribution in [0.5, 0.6) is 0 Å². The lowest BCUT2D eigenvalue weighted by Gasteiger charge is -2.10. The lowest BCUT2D eigenvalue weighted by Crippen LogP contribution is -2.08. The van der Waals surface area contributed by atoms with E-state index in [1.807, 2.05) is 13.0 Å². The number of rotatable bonds is 3. The summed E-state index contributed by atoms with van der Waals surface area (Å²) in [5, 5.41) is 0. The predicted molar refractivity (Wildman–Crippen MR) is 79.8 cm³/mol. The fourth-order valence-corrected chi connectivity index (χ4v) is 2.15. The molecule has 0 fully saturated rings. The van der Waals surface area contributed by atoms with Crippen LogP contribution in [-0.2, 0) is 4.74 Å². The zero-order valence-corrected chi connectivity index (χ0v) is 12.4. The second-order valence-electron chi connectivity index (χ2n) is 4.87. The Hall–Kier alpha value is -2.16. The third-order valence-electron chi connectivity index (χ3n) is 3.25. The van der Waals surface area contributed by atoms with Gasteiger partial charge in [0.05, 0.1) is 23.6 Å². The lowest BCUT2D eigenvalue weighted by molar-refractivity contribution is 0.0525. The summed E-state index contributed by atoms with van der Waals surface area (Å²) in [5.41, 5.74) is 5.58. The maximum Gasteiger partial charge on any atom is 0.339 e. The Labute approximate surface area is 119 Å². The molecule has 1 aromatic carbocycles. The van der Waals surface area contributed by atoms with E-state index in [1.54, 1.807) is 13.0 Å². The molecule has 2 aromatic rings. The molecule has 0 atom stereocenters. The summed E-state index contributed by atoms with van der Waals surface area (Å²) < 4.78 is 5.02. The van der Waals surface area contributed by atoms with E-state index in [-0.39, 0.29) is 5.97 Å². The first-order valence-electron chi connectivity index (χ1n) is 6.75. The highest BCUT2D eigenvalue weighted by Crippen LogP contribution is 2.24. The number of esters is 1. The highest BCUT2D eigenvalue weighted by molar-refractivity contribution is 5.91. The van der Waals surface area contributed by atoms with Crippen molar-refractivity contribution in [2.24, 2.45) is 0 Å². The van der Waals surface area contributed by atoms with Crippen LogP contribution in [0, 0.1) is 20.8 Å². The number of ether oxygens (including phenoxy) is 1. The smallest absolute Gasteiger partial charge is 0.339 e. The van der Waals surface area contributed by atoms with E-state index in [9.17, 15) is 4.79 Å². The fraction of sp³-hybridized carbons (Fsp3) is 0.294. The van der Waals surface area contributed by atoms with Gasteiger partial charge in [0.25, 0.3) is 0 Å². The van der Waals surface area contributed by atoms with Crippen LogP contribution in [0.15, 0.2) is 30.3 Å². The van der Waals surface area contributed by atoms with Gasteiger partial charge in [0.2, 0.25) is 0 Å². The number of hydrogen-bond acceptors (Lipinski definition) is 3. The molecular weight excluding hydrogens is 250 g/mol. The summed E-state index contributed by atoms with van der Waals surface area (Å²) >= 11 is 0. The SMILES string of the molecule is CCOC(=O)c1ccc(-c2cc(C)ccc2C)nc1C. The zero-order chi connectivity index (χ0) is 14.7. The van der Waals surface area contributed by atoms with Crippen LogP contribution >= 0.6 is 0 Å². The van der Waals surface area contributed by atoms with Gasteiger partial charge in [-0.15, -0.1) is 0 Å². The average Bonchev–Trinajstić information content (AvgIpc) is 2.41. The van der Waals surface area contributed by atoms with Crippen LogP contribution in [0.2, 0.25) is 0 Å². The minimum atomic E-state index is -0.315. The number of hydrogen-bond donors (Lipinski definition) is 0. The molecule has 0 amide bonds. The lowest BCUT2D eigenvalue weighted by atomic mass is 10.0. The highest BCUT2D eigenvalue weighted by Gasteiger charge is 2.13. The van der Waals surface area contributed by atoms with Gasteiger partial charge in [-0.2, -0.15) is 0 Å². The third kappa shape index (κ3) is 2.87. The summed E-state index contributed by atoms with van der Waals surface area (Å²) in [4.78, 5) is 16.3. The molecule has 3 nitrogen and oxygen atoms in total.